The maximum Gasteiger partial charge on any atom is 0.252 e. The Morgan fingerprint density at radius 3 is 3.00 bits per heavy atom. The predicted octanol–water partition coefficient (Wildman–Crippen LogP) is 1.34. The monoisotopic (exact) mass is 357 g/mol. The van der Waals surface area contributed by atoms with Crippen LogP contribution >= 0.6 is 0 Å². The van der Waals surface area contributed by atoms with Gasteiger partial charge in [-0.25, -0.2) is 0 Å². The van der Waals surface area contributed by atoms with Gasteiger partial charge in [0.15, 0.2) is 0 Å². The first-order valence-electron chi connectivity index (χ1n) is 9.33. The molecule has 6 heteroatoms. The van der Waals surface area contributed by atoms with Crippen molar-refractivity contribution in [1.82, 2.24) is 15.2 Å². The predicted molar refractivity (Wildman–Crippen MR) is 102 cm³/mol. The molecule has 0 amide bonds. The number of nitrogens with one attached hydrogen (secondary N) is 2. The highest BCUT2D eigenvalue weighted by atomic mass is 16.5. The molecule has 1 aromatic carbocycles. The van der Waals surface area contributed by atoms with Crippen LogP contribution in [0.1, 0.15) is 16.7 Å². The van der Waals surface area contributed by atoms with Gasteiger partial charge in [0.25, 0.3) is 5.56 Å². The lowest BCUT2D eigenvalue weighted by molar-refractivity contribution is -0.135. The normalized spacial score (nSPS) is 24.8. The van der Waals surface area contributed by atoms with Gasteiger partial charge >= 0.3 is 0 Å². The summed E-state index contributed by atoms with van der Waals surface area (Å²) in [5.74, 6) is 0. The molecule has 2 saturated heterocycles. The number of aromatic nitrogens is 1. The Morgan fingerprint density at radius 2 is 2.12 bits per heavy atom. The highest BCUT2D eigenvalue weighted by Gasteiger charge is 2.38. The maximum atomic E-state index is 12.6. The van der Waals surface area contributed by atoms with Crippen molar-refractivity contribution in [1.29, 1.82) is 0 Å². The van der Waals surface area contributed by atoms with Crippen LogP contribution in [0.15, 0.2) is 23.0 Å². The first kappa shape index (κ1) is 17.7. The molecular formula is C20H27N3O3. The van der Waals surface area contributed by atoms with Crippen molar-refractivity contribution in [3.05, 3.63) is 45.2 Å². The second kappa shape index (κ2) is 7.12. The number of fused-ring (bicyclic) bond motifs is 1. The molecule has 0 aliphatic carbocycles. The summed E-state index contributed by atoms with van der Waals surface area (Å²) in [5.41, 5.74) is 3.74. The first-order valence-corrected chi connectivity index (χ1v) is 9.33. The van der Waals surface area contributed by atoms with Crippen LogP contribution in [-0.2, 0) is 16.0 Å². The van der Waals surface area contributed by atoms with Gasteiger partial charge in [-0.2, -0.15) is 0 Å². The zero-order chi connectivity index (χ0) is 18.1. The van der Waals surface area contributed by atoms with Crippen molar-refractivity contribution in [3.8, 4) is 0 Å². The number of hydrogen-bond acceptors (Lipinski definition) is 5. The number of ether oxygens (including phenoxy) is 2. The van der Waals surface area contributed by atoms with E-state index in [0.29, 0.717) is 26.4 Å². The molecule has 3 heterocycles. The van der Waals surface area contributed by atoms with Gasteiger partial charge < -0.3 is 19.8 Å². The Balaban J connectivity index is 1.58. The molecule has 2 N–H and O–H groups in total. The topological polar surface area (TPSA) is 66.6 Å². The minimum absolute atomic E-state index is 0.000219. The molecule has 0 bridgehead atoms. The summed E-state index contributed by atoms with van der Waals surface area (Å²) in [4.78, 5) is 18.0. The summed E-state index contributed by atoms with van der Waals surface area (Å²) in [7, 11) is 0. The molecule has 6 nitrogen and oxygen atoms in total. The van der Waals surface area contributed by atoms with E-state index in [1.165, 1.54) is 5.56 Å². The SMILES string of the molecule is Cc1cc(C)c2[nH]c(=O)c(CN3CCO[C@@]4(CNCCOC4)C3)cc2c1. The second-order valence-electron chi connectivity index (χ2n) is 7.64. The van der Waals surface area contributed by atoms with Gasteiger partial charge in [0.1, 0.15) is 5.60 Å². The molecule has 26 heavy (non-hydrogen) atoms. The number of aryl methyl sites for hydroxylation is 2. The maximum absolute atomic E-state index is 12.6. The van der Waals surface area contributed by atoms with E-state index in [4.69, 9.17) is 9.47 Å². The van der Waals surface area contributed by atoms with Gasteiger partial charge in [0.2, 0.25) is 0 Å². The van der Waals surface area contributed by atoms with Crippen LogP contribution in [0, 0.1) is 13.8 Å². The number of H-pyrrole nitrogens is 1. The van der Waals surface area contributed by atoms with E-state index in [2.05, 4.69) is 34.3 Å². The summed E-state index contributed by atoms with van der Waals surface area (Å²) in [5, 5.41) is 4.49. The fourth-order valence-corrected chi connectivity index (χ4v) is 4.11. The smallest absolute Gasteiger partial charge is 0.252 e. The van der Waals surface area contributed by atoms with Gasteiger partial charge in [-0.3, -0.25) is 9.69 Å². The Kier molecular flexibility index (Phi) is 4.84. The lowest BCUT2D eigenvalue weighted by Gasteiger charge is -2.41. The standard InChI is InChI=1S/C20H27N3O3/c1-14-7-15(2)18-16(8-14)9-17(19(24)22-18)10-23-4-6-26-20(12-23)11-21-3-5-25-13-20/h7-9,21H,3-6,10-13H2,1-2H3,(H,22,24)/t20-/m0/s1. The van der Waals surface area contributed by atoms with Crippen LogP contribution in [0.4, 0.5) is 0 Å². The van der Waals surface area contributed by atoms with Gasteiger partial charge in [-0.05, 0) is 36.9 Å². The van der Waals surface area contributed by atoms with E-state index in [1.807, 2.05) is 13.0 Å². The molecule has 2 aromatic rings. The zero-order valence-electron chi connectivity index (χ0n) is 15.6. The minimum atomic E-state index is -0.314. The van der Waals surface area contributed by atoms with Crippen molar-refractivity contribution in [3.63, 3.8) is 0 Å². The van der Waals surface area contributed by atoms with Gasteiger partial charge in [-0.15, -0.1) is 0 Å². The number of morpholine rings is 1. The van der Waals surface area contributed by atoms with Crippen LogP contribution in [0.3, 0.4) is 0 Å². The van der Waals surface area contributed by atoms with Gasteiger partial charge in [-0.1, -0.05) is 11.6 Å². The molecule has 1 spiro atoms. The third-order valence-electron chi connectivity index (χ3n) is 5.33. The van der Waals surface area contributed by atoms with E-state index in [9.17, 15) is 4.79 Å². The van der Waals surface area contributed by atoms with Crippen LogP contribution in [0.25, 0.3) is 10.9 Å². The lowest BCUT2D eigenvalue weighted by Crippen LogP contribution is -2.58. The molecule has 4 rings (SSSR count). The molecular weight excluding hydrogens is 330 g/mol. The van der Waals surface area contributed by atoms with Crippen LogP contribution in [0.5, 0.6) is 0 Å². The summed E-state index contributed by atoms with van der Waals surface area (Å²) in [6, 6.07) is 6.27. The van der Waals surface area contributed by atoms with Crippen molar-refractivity contribution in [2.24, 2.45) is 0 Å². The summed E-state index contributed by atoms with van der Waals surface area (Å²) >= 11 is 0. The molecule has 2 fully saturated rings. The van der Waals surface area contributed by atoms with E-state index < -0.39 is 0 Å². The number of rotatable bonds is 2. The Morgan fingerprint density at radius 1 is 1.23 bits per heavy atom. The van der Waals surface area contributed by atoms with Crippen molar-refractivity contribution in [2.45, 2.75) is 26.0 Å². The fourth-order valence-electron chi connectivity index (χ4n) is 4.11. The Hall–Kier alpha value is -1.73. The quantitative estimate of drug-likeness (QED) is 0.849. The second-order valence-corrected chi connectivity index (χ2v) is 7.64. The van der Waals surface area contributed by atoms with Crippen LogP contribution in [-0.4, -0.2) is 61.5 Å². The number of hydrogen-bond donors (Lipinski definition) is 2. The average Bonchev–Trinajstić information content (AvgIpc) is 2.82. The van der Waals surface area contributed by atoms with E-state index >= 15 is 0 Å². The lowest BCUT2D eigenvalue weighted by atomic mass is 10.0. The molecule has 2 aliphatic heterocycles. The highest BCUT2D eigenvalue weighted by molar-refractivity contribution is 5.82. The third kappa shape index (κ3) is 3.55. The highest BCUT2D eigenvalue weighted by Crippen LogP contribution is 2.22. The van der Waals surface area contributed by atoms with Crippen molar-refractivity contribution < 1.29 is 9.47 Å². The molecule has 140 valence electrons. The van der Waals surface area contributed by atoms with Gasteiger partial charge in [0.05, 0.1) is 25.3 Å². The van der Waals surface area contributed by atoms with Crippen LogP contribution < -0.4 is 10.9 Å². The summed E-state index contributed by atoms with van der Waals surface area (Å²) < 4.78 is 11.8. The van der Waals surface area contributed by atoms with Crippen LogP contribution in [0.2, 0.25) is 0 Å². The molecule has 0 unspecified atom stereocenters. The zero-order valence-corrected chi connectivity index (χ0v) is 15.6. The van der Waals surface area contributed by atoms with Crippen molar-refractivity contribution in [2.75, 3.05) is 46.0 Å². The number of pyridine rings is 1. The number of aromatic amines is 1. The Labute approximate surface area is 153 Å². The number of benzene rings is 1. The van der Waals surface area contributed by atoms with Gasteiger partial charge in [0, 0.05) is 38.3 Å². The molecule has 2 aliphatic rings. The van der Waals surface area contributed by atoms with Crippen molar-refractivity contribution >= 4 is 10.9 Å². The largest absolute Gasteiger partial charge is 0.377 e. The first-order chi connectivity index (χ1) is 12.5. The Bertz CT molecular complexity index is 853. The van der Waals surface area contributed by atoms with E-state index in [1.54, 1.807) is 0 Å². The average molecular weight is 357 g/mol. The summed E-state index contributed by atoms with van der Waals surface area (Å²) in [6.45, 7) is 9.97. The molecule has 0 radical (unpaired) electrons. The fraction of sp³-hybridized carbons (Fsp3) is 0.550. The third-order valence-corrected chi connectivity index (χ3v) is 5.33. The molecule has 1 atom stereocenters. The van der Waals surface area contributed by atoms with E-state index in [-0.39, 0.29) is 11.2 Å². The number of nitrogens with zero attached hydrogens (tertiary/aromatic N) is 1. The molecule has 0 saturated carbocycles. The summed E-state index contributed by atoms with van der Waals surface area (Å²) in [6.07, 6.45) is 0. The molecule has 1 aromatic heterocycles. The minimum Gasteiger partial charge on any atom is -0.377 e. The van der Waals surface area contributed by atoms with E-state index in [0.717, 1.165) is 48.2 Å².